The van der Waals surface area contributed by atoms with E-state index in [1.807, 2.05) is 66.5 Å². The zero-order chi connectivity index (χ0) is 19.8. The van der Waals surface area contributed by atoms with Crippen LogP contribution in [0.15, 0.2) is 54.6 Å². The Morgan fingerprint density at radius 3 is 2.36 bits per heavy atom. The number of para-hydroxylation sites is 1. The van der Waals surface area contributed by atoms with Crippen molar-refractivity contribution < 1.29 is 9.59 Å². The quantitative estimate of drug-likeness (QED) is 0.719. The zero-order valence-electron chi connectivity index (χ0n) is 16.4. The van der Waals surface area contributed by atoms with Crippen molar-refractivity contribution >= 4 is 29.3 Å². The van der Waals surface area contributed by atoms with Gasteiger partial charge in [0.1, 0.15) is 0 Å². The maximum absolute atomic E-state index is 12.7. The molecule has 2 amide bonds. The molecule has 3 rings (SSSR count). The summed E-state index contributed by atoms with van der Waals surface area (Å²) < 4.78 is 0. The second-order valence-electron chi connectivity index (χ2n) is 7.31. The Bertz CT molecular complexity index is 771. The van der Waals surface area contributed by atoms with Crippen LogP contribution in [0, 0.1) is 0 Å². The first-order chi connectivity index (χ1) is 13.6. The van der Waals surface area contributed by atoms with Crippen LogP contribution in [0.4, 0.5) is 5.69 Å². The molecular weight excluding hydrogens is 368 g/mol. The largest absolute Gasteiger partial charge is 0.339 e. The number of thioether (sulfide) groups is 1. The number of amides is 2. The average molecular weight is 397 g/mol. The Balaban J connectivity index is 1.45. The number of anilines is 1. The van der Waals surface area contributed by atoms with Crippen LogP contribution < -0.4 is 5.32 Å². The van der Waals surface area contributed by atoms with Crippen molar-refractivity contribution in [1.82, 2.24) is 4.90 Å². The lowest BCUT2D eigenvalue weighted by Crippen LogP contribution is -2.38. The van der Waals surface area contributed by atoms with Crippen molar-refractivity contribution in [2.24, 2.45) is 0 Å². The molecule has 5 heteroatoms. The summed E-state index contributed by atoms with van der Waals surface area (Å²) in [6, 6.07) is 17.6. The molecule has 1 fully saturated rings. The minimum absolute atomic E-state index is 0.00268. The number of carbonyl (C=O) groups is 2. The summed E-state index contributed by atoms with van der Waals surface area (Å²) in [6.07, 6.45) is 5.95. The van der Waals surface area contributed by atoms with E-state index in [1.165, 1.54) is 19.3 Å². The molecule has 0 heterocycles. The highest BCUT2D eigenvalue weighted by Gasteiger charge is 2.22. The number of rotatable bonds is 7. The van der Waals surface area contributed by atoms with Gasteiger partial charge in [0.15, 0.2) is 0 Å². The average Bonchev–Trinajstić information content (AvgIpc) is 2.74. The van der Waals surface area contributed by atoms with Gasteiger partial charge >= 0.3 is 0 Å². The molecule has 0 saturated heterocycles. The Morgan fingerprint density at radius 1 is 1.00 bits per heavy atom. The molecule has 1 N–H and O–H groups in total. The summed E-state index contributed by atoms with van der Waals surface area (Å²) in [5, 5.41) is 2.89. The highest BCUT2D eigenvalue weighted by molar-refractivity contribution is 7.99. The van der Waals surface area contributed by atoms with E-state index in [-0.39, 0.29) is 11.8 Å². The maximum atomic E-state index is 12.7. The van der Waals surface area contributed by atoms with Crippen LogP contribution in [0.3, 0.4) is 0 Å². The van der Waals surface area contributed by atoms with Crippen LogP contribution in [-0.2, 0) is 10.5 Å². The highest BCUT2D eigenvalue weighted by Crippen LogP contribution is 2.23. The van der Waals surface area contributed by atoms with Crippen molar-refractivity contribution in [2.45, 2.75) is 43.9 Å². The second-order valence-corrected chi connectivity index (χ2v) is 8.30. The molecule has 0 radical (unpaired) electrons. The maximum Gasteiger partial charge on any atom is 0.253 e. The molecule has 148 valence electrons. The van der Waals surface area contributed by atoms with Crippen LogP contribution in [0.25, 0.3) is 0 Å². The molecule has 1 aliphatic rings. The molecule has 0 spiro atoms. The van der Waals surface area contributed by atoms with Crippen molar-refractivity contribution in [3.8, 4) is 0 Å². The van der Waals surface area contributed by atoms with Gasteiger partial charge in [-0.3, -0.25) is 9.59 Å². The zero-order valence-corrected chi connectivity index (χ0v) is 17.2. The molecule has 2 aromatic rings. The van der Waals surface area contributed by atoms with Gasteiger partial charge in [0.05, 0.1) is 5.75 Å². The van der Waals surface area contributed by atoms with Gasteiger partial charge in [-0.05, 0) is 42.7 Å². The van der Waals surface area contributed by atoms with Gasteiger partial charge in [0.25, 0.3) is 5.91 Å². The van der Waals surface area contributed by atoms with Gasteiger partial charge in [0.2, 0.25) is 5.91 Å². The van der Waals surface area contributed by atoms with Gasteiger partial charge in [-0.1, -0.05) is 49.6 Å². The molecule has 0 bridgehead atoms. The first-order valence-electron chi connectivity index (χ1n) is 9.92. The fourth-order valence-electron chi connectivity index (χ4n) is 3.56. The highest BCUT2D eigenvalue weighted by atomic mass is 32.2. The van der Waals surface area contributed by atoms with E-state index in [1.54, 1.807) is 11.8 Å². The van der Waals surface area contributed by atoms with Crippen molar-refractivity contribution in [3.05, 3.63) is 65.7 Å². The third kappa shape index (κ3) is 5.86. The van der Waals surface area contributed by atoms with Crippen LogP contribution in [0.1, 0.15) is 48.0 Å². The molecular formula is C23H28N2O2S. The standard InChI is InChI=1S/C23H28N2O2S/c1-25(21-10-6-3-7-11-21)23(27)19-14-12-18(13-15-19)16-28-17-22(26)24-20-8-4-2-5-9-20/h2,4-5,8-9,12-15,21H,3,6-7,10-11,16-17H2,1H3,(H,24,26). The summed E-state index contributed by atoms with van der Waals surface area (Å²) in [4.78, 5) is 26.6. The number of hydrogen-bond acceptors (Lipinski definition) is 3. The van der Waals surface area contributed by atoms with E-state index in [4.69, 9.17) is 0 Å². The number of nitrogens with one attached hydrogen (secondary N) is 1. The van der Waals surface area contributed by atoms with Crippen molar-refractivity contribution in [3.63, 3.8) is 0 Å². The monoisotopic (exact) mass is 396 g/mol. The summed E-state index contributed by atoms with van der Waals surface area (Å²) in [6.45, 7) is 0. The van der Waals surface area contributed by atoms with E-state index in [0.717, 1.165) is 35.4 Å². The summed E-state index contributed by atoms with van der Waals surface area (Å²) >= 11 is 1.57. The number of carbonyl (C=O) groups excluding carboxylic acids is 2. The predicted octanol–water partition coefficient (Wildman–Crippen LogP) is 4.96. The normalized spacial score (nSPS) is 14.5. The van der Waals surface area contributed by atoms with Gasteiger partial charge in [-0.25, -0.2) is 0 Å². The van der Waals surface area contributed by atoms with Crippen LogP contribution in [-0.4, -0.2) is 35.6 Å². The van der Waals surface area contributed by atoms with Crippen LogP contribution in [0.2, 0.25) is 0 Å². The molecule has 4 nitrogen and oxygen atoms in total. The summed E-state index contributed by atoms with van der Waals surface area (Å²) in [7, 11) is 1.92. The Morgan fingerprint density at radius 2 is 1.68 bits per heavy atom. The lowest BCUT2D eigenvalue weighted by atomic mass is 9.94. The van der Waals surface area contributed by atoms with Gasteiger partial charge < -0.3 is 10.2 Å². The predicted molar refractivity (Wildman–Crippen MR) is 117 cm³/mol. The third-order valence-corrected chi connectivity index (χ3v) is 6.21. The fourth-order valence-corrected chi connectivity index (χ4v) is 4.35. The smallest absolute Gasteiger partial charge is 0.253 e. The Labute approximate surface area is 171 Å². The fraction of sp³-hybridized carbons (Fsp3) is 0.391. The van der Waals surface area contributed by atoms with E-state index in [0.29, 0.717) is 11.8 Å². The lowest BCUT2D eigenvalue weighted by Gasteiger charge is -2.31. The van der Waals surface area contributed by atoms with Gasteiger partial charge in [0, 0.05) is 30.1 Å². The second kappa shape index (κ2) is 10.3. The molecule has 0 aliphatic heterocycles. The SMILES string of the molecule is CN(C(=O)c1ccc(CSCC(=O)Nc2ccccc2)cc1)C1CCCCC1. The van der Waals surface area contributed by atoms with E-state index >= 15 is 0 Å². The van der Waals surface area contributed by atoms with E-state index in [2.05, 4.69) is 5.32 Å². The lowest BCUT2D eigenvalue weighted by molar-refractivity contribution is -0.113. The molecule has 1 saturated carbocycles. The Kier molecular flexibility index (Phi) is 7.54. The molecule has 0 unspecified atom stereocenters. The van der Waals surface area contributed by atoms with E-state index < -0.39 is 0 Å². The molecule has 1 aliphatic carbocycles. The minimum atomic E-state index is -0.00268. The minimum Gasteiger partial charge on any atom is -0.339 e. The molecule has 0 atom stereocenters. The number of benzene rings is 2. The molecule has 28 heavy (non-hydrogen) atoms. The Hall–Kier alpha value is -2.27. The first kappa shape index (κ1) is 20.5. The van der Waals surface area contributed by atoms with Crippen molar-refractivity contribution in [2.75, 3.05) is 18.1 Å². The number of nitrogens with zero attached hydrogens (tertiary/aromatic N) is 1. The summed E-state index contributed by atoms with van der Waals surface area (Å²) in [5.74, 6) is 1.25. The topological polar surface area (TPSA) is 49.4 Å². The molecule has 0 aromatic heterocycles. The van der Waals surface area contributed by atoms with Crippen LogP contribution in [0.5, 0.6) is 0 Å². The van der Waals surface area contributed by atoms with E-state index in [9.17, 15) is 9.59 Å². The third-order valence-electron chi connectivity index (χ3n) is 5.20. The first-order valence-corrected chi connectivity index (χ1v) is 11.1. The van der Waals surface area contributed by atoms with Gasteiger partial charge in [-0.15, -0.1) is 11.8 Å². The van der Waals surface area contributed by atoms with Crippen LogP contribution >= 0.6 is 11.8 Å². The number of hydrogen-bond donors (Lipinski definition) is 1. The summed E-state index contributed by atoms with van der Waals surface area (Å²) in [5.41, 5.74) is 2.68. The van der Waals surface area contributed by atoms with Gasteiger partial charge in [-0.2, -0.15) is 0 Å². The molecule has 2 aromatic carbocycles. The van der Waals surface area contributed by atoms with Crippen molar-refractivity contribution in [1.29, 1.82) is 0 Å².